The van der Waals surface area contributed by atoms with Crippen molar-refractivity contribution >= 4 is 50.6 Å². The highest BCUT2D eigenvalue weighted by atomic mass is 32.2. The van der Waals surface area contributed by atoms with Crippen molar-refractivity contribution in [3.63, 3.8) is 0 Å². The largest absolute Gasteiger partial charge is 0.367 e. The molecule has 2 amide bonds. The first-order valence-electron chi connectivity index (χ1n) is 11.9. The second-order valence-electron chi connectivity index (χ2n) is 9.11. The number of amides is 2. The minimum Gasteiger partial charge on any atom is -0.367 e. The second kappa shape index (κ2) is 9.55. The van der Waals surface area contributed by atoms with Crippen molar-refractivity contribution in [3.8, 4) is 0 Å². The Labute approximate surface area is 213 Å². The maximum Gasteiger partial charge on any atom is 0.273 e. The zero-order chi connectivity index (χ0) is 26.3. The first-order valence-corrected chi connectivity index (χ1v) is 13.8. The van der Waals surface area contributed by atoms with Gasteiger partial charge in [-0.2, -0.15) is 9.29 Å². The fourth-order valence-corrected chi connectivity index (χ4v) is 5.40. The molecule has 5 rings (SSSR count). The molecule has 0 spiro atoms. The van der Waals surface area contributed by atoms with Crippen LogP contribution >= 0.6 is 0 Å². The summed E-state index contributed by atoms with van der Waals surface area (Å²) in [6.07, 6.45) is 4.74. The highest BCUT2D eigenvalue weighted by Crippen LogP contribution is 2.30. The predicted octanol–water partition coefficient (Wildman–Crippen LogP) is 0.441. The fourth-order valence-electron chi connectivity index (χ4n) is 4.25. The predicted molar refractivity (Wildman–Crippen MR) is 136 cm³/mol. The van der Waals surface area contributed by atoms with Gasteiger partial charge >= 0.3 is 0 Å². The first kappa shape index (κ1) is 24.8. The van der Waals surface area contributed by atoms with Crippen LogP contribution in [-0.4, -0.2) is 88.3 Å². The summed E-state index contributed by atoms with van der Waals surface area (Å²) in [5, 5.41) is 20.7. The van der Waals surface area contributed by atoms with Crippen molar-refractivity contribution in [2.75, 3.05) is 48.5 Å². The smallest absolute Gasteiger partial charge is 0.273 e. The van der Waals surface area contributed by atoms with Gasteiger partial charge in [0.25, 0.3) is 5.91 Å². The summed E-state index contributed by atoms with van der Waals surface area (Å²) in [6.45, 7) is 3.43. The Morgan fingerprint density at radius 1 is 1.19 bits per heavy atom. The van der Waals surface area contributed by atoms with Crippen molar-refractivity contribution < 1.29 is 18.0 Å². The van der Waals surface area contributed by atoms with Crippen molar-refractivity contribution in [2.45, 2.75) is 25.8 Å². The van der Waals surface area contributed by atoms with Gasteiger partial charge in [0.1, 0.15) is 0 Å². The molecule has 14 nitrogen and oxygen atoms in total. The maximum absolute atomic E-state index is 12.3. The molecule has 2 aliphatic rings. The highest BCUT2D eigenvalue weighted by molar-refractivity contribution is 7.88. The van der Waals surface area contributed by atoms with Crippen molar-refractivity contribution in [1.29, 1.82) is 0 Å². The zero-order valence-corrected chi connectivity index (χ0v) is 21.5. The third kappa shape index (κ3) is 5.17. The van der Waals surface area contributed by atoms with Crippen molar-refractivity contribution in [3.05, 3.63) is 30.1 Å². The maximum atomic E-state index is 12.3. The topological polar surface area (TPSA) is 167 Å². The van der Waals surface area contributed by atoms with Gasteiger partial charge in [0.2, 0.25) is 21.9 Å². The number of rotatable bonds is 9. The average Bonchev–Trinajstić information content (AvgIpc) is 3.60. The quantitative estimate of drug-likeness (QED) is 0.355. The third-order valence-electron chi connectivity index (χ3n) is 6.37. The Morgan fingerprint density at radius 2 is 1.95 bits per heavy atom. The lowest BCUT2D eigenvalue weighted by Gasteiger charge is -2.45. The van der Waals surface area contributed by atoms with Crippen LogP contribution in [0.15, 0.2) is 24.4 Å². The Hall–Kier alpha value is -3.85. The molecule has 37 heavy (non-hydrogen) atoms. The zero-order valence-electron chi connectivity index (χ0n) is 20.7. The number of aromatic nitrogens is 5. The number of fused-ring (bicyclic) bond motifs is 1. The molecule has 2 fully saturated rings. The molecule has 3 aromatic heterocycles. The van der Waals surface area contributed by atoms with Crippen LogP contribution in [0.25, 0.3) is 5.65 Å². The van der Waals surface area contributed by atoms with E-state index in [1.165, 1.54) is 23.7 Å². The highest BCUT2D eigenvalue weighted by Gasteiger charge is 2.36. The lowest BCUT2D eigenvalue weighted by molar-refractivity contribution is -0.117. The molecule has 0 radical (unpaired) electrons. The van der Waals surface area contributed by atoms with E-state index in [0.717, 1.165) is 18.5 Å². The van der Waals surface area contributed by atoms with E-state index in [2.05, 4.69) is 41.1 Å². The molecular formula is C22H28N10O4S. The number of likely N-dealkylation sites (N-methyl/N-ethyl adjacent to an activating group) is 1. The number of nitrogens with one attached hydrogen (secondary N) is 3. The van der Waals surface area contributed by atoms with Gasteiger partial charge in [0.15, 0.2) is 17.2 Å². The van der Waals surface area contributed by atoms with Crippen molar-refractivity contribution in [1.82, 2.24) is 34.4 Å². The van der Waals surface area contributed by atoms with Crippen LogP contribution in [-0.2, 0) is 14.8 Å². The van der Waals surface area contributed by atoms with E-state index < -0.39 is 15.9 Å². The second-order valence-corrected chi connectivity index (χ2v) is 11.0. The number of pyridine rings is 1. The van der Waals surface area contributed by atoms with Gasteiger partial charge in [-0.05, 0) is 25.0 Å². The molecule has 15 heteroatoms. The molecule has 196 valence electrons. The molecule has 1 aliphatic carbocycles. The van der Waals surface area contributed by atoms with Gasteiger partial charge in [-0.25, -0.2) is 12.9 Å². The van der Waals surface area contributed by atoms with Crippen LogP contribution in [0, 0.1) is 5.92 Å². The molecule has 0 unspecified atom stereocenters. The number of carbonyl (C=O) groups is 2. The SMILES string of the molecule is CCN(C1CN(c2ccc3nc(Nc4cc(NC(=O)C5CC5)nnc4C(=O)NC)nn3c2)C1)S(C)(=O)=O. The van der Waals surface area contributed by atoms with Gasteiger partial charge in [-0.1, -0.05) is 6.92 Å². The first-order chi connectivity index (χ1) is 17.7. The summed E-state index contributed by atoms with van der Waals surface area (Å²) in [5.74, 6) is -0.141. The molecule has 1 saturated heterocycles. The minimum absolute atomic E-state index is 0.00997. The van der Waals surface area contributed by atoms with Gasteiger partial charge in [0.05, 0.1) is 29.9 Å². The van der Waals surface area contributed by atoms with Crippen LogP contribution in [0.1, 0.15) is 30.3 Å². The Kier molecular flexibility index (Phi) is 6.41. The van der Waals surface area contributed by atoms with Crippen molar-refractivity contribution in [2.24, 2.45) is 5.92 Å². The summed E-state index contributed by atoms with van der Waals surface area (Å²) < 4.78 is 27.1. The molecule has 4 heterocycles. The van der Waals surface area contributed by atoms with Gasteiger partial charge < -0.3 is 20.9 Å². The summed E-state index contributed by atoms with van der Waals surface area (Å²) in [5.41, 5.74) is 1.78. The summed E-state index contributed by atoms with van der Waals surface area (Å²) in [6, 6.07) is 5.16. The standard InChI is InChI=1S/C22H28N10O4S/c1-4-32(37(3,35)36)15-10-30(11-15)14-7-8-18-26-22(29-31(18)12-14)24-16-9-17(25-20(33)13-5-6-13)27-28-19(16)21(34)23-2/h7-9,12-13,15H,4-6,10-11H2,1-3H3,(H,23,34)(H2,24,25,27,29,33). The molecular weight excluding hydrogens is 500 g/mol. The fraction of sp³-hybridized carbons (Fsp3) is 0.455. The van der Waals surface area contributed by atoms with Crippen LogP contribution < -0.4 is 20.9 Å². The summed E-state index contributed by atoms with van der Waals surface area (Å²) >= 11 is 0. The van der Waals surface area contributed by atoms with E-state index in [1.54, 1.807) is 10.6 Å². The van der Waals surface area contributed by atoms with Crippen LogP contribution in [0.5, 0.6) is 0 Å². The normalized spacial score (nSPS) is 16.1. The van der Waals surface area contributed by atoms with Gasteiger partial charge in [-0.3, -0.25) is 9.59 Å². The van der Waals surface area contributed by atoms with E-state index in [0.29, 0.717) is 31.0 Å². The van der Waals surface area contributed by atoms with Gasteiger partial charge in [0, 0.05) is 38.7 Å². The van der Waals surface area contributed by atoms with Crippen LogP contribution in [0.3, 0.4) is 0 Å². The summed E-state index contributed by atoms with van der Waals surface area (Å²) in [4.78, 5) is 31.0. The summed E-state index contributed by atoms with van der Waals surface area (Å²) in [7, 11) is -1.77. The van der Waals surface area contributed by atoms with Crippen LogP contribution in [0.2, 0.25) is 0 Å². The van der Waals surface area contributed by atoms with Crippen LogP contribution in [0.4, 0.5) is 23.1 Å². The molecule has 3 aromatic rings. The molecule has 1 saturated carbocycles. The number of anilines is 4. The number of sulfonamides is 1. The van der Waals surface area contributed by atoms with Gasteiger partial charge in [-0.15, -0.1) is 15.3 Å². The molecule has 1 aliphatic heterocycles. The number of nitrogens with zero attached hydrogens (tertiary/aromatic N) is 7. The number of carbonyl (C=O) groups excluding carboxylic acids is 2. The Balaban J connectivity index is 1.34. The lowest BCUT2D eigenvalue weighted by Crippen LogP contribution is -2.60. The van der Waals surface area contributed by atoms with E-state index in [-0.39, 0.29) is 35.3 Å². The minimum atomic E-state index is -3.26. The number of hydrogen-bond donors (Lipinski definition) is 3. The molecule has 0 bridgehead atoms. The molecule has 0 aromatic carbocycles. The van der Waals surface area contributed by atoms with E-state index in [9.17, 15) is 18.0 Å². The van der Waals surface area contributed by atoms with E-state index >= 15 is 0 Å². The average molecular weight is 529 g/mol. The molecule has 3 N–H and O–H groups in total. The monoisotopic (exact) mass is 528 g/mol. The van der Waals surface area contributed by atoms with E-state index in [1.807, 2.05) is 19.2 Å². The molecule has 0 atom stereocenters. The lowest BCUT2D eigenvalue weighted by atomic mass is 10.1. The van der Waals surface area contributed by atoms with E-state index in [4.69, 9.17) is 0 Å². The number of hydrogen-bond acceptors (Lipinski definition) is 10. The Bertz CT molecular complexity index is 1460. The Morgan fingerprint density at radius 3 is 2.59 bits per heavy atom. The third-order valence-corrected chi connectivity index (χ3v) is 7.78.